The summed E-state index contributed by atoms with van der Waals surface area (Å²) in [5.41, 5.74) is -0.222. The van der Waals surface area contributed by atoms with Crippen molar-refractivity contribution in [3.63, 3.8) is 0 Å². The molecule has 5 nitrogen and oxygen atoms in total. The highest BCUT2D eigenvalue weighted by molar-refractivity contribution is 5.90. The van der Waals surface area contributed by atoms with Gasteiger partial charge < -0.3 is 4.52 Å². The molecule has 1 rings (SSSR count). The Bertz CT molecular complexity index is 319. The van der Waals surface area contributed by atoms with E-state index in [0.717, 1.165) is 5.48 Å². The molecule has 0 radical (unpaired) electrons. The second-order valence-electron chi connectivity index (χ2n) is 2.02. The summed E-state index contributed by atoms with van der Waals surface area (Å²) in [6, 6.07) is 0.381. The summed E-state index contributed by atoms with van der Waals surface area (Å²) >= 11 is 0. The third-order valence-electron chi connectivity index (χ3n) is 1.13. The largest absolute Gasteiger partial charge is 0.436 e. The zero-order valence-corrected chi connectivity index (χ0v) is 5.92. The number of nitrogens with one attached hydrogen (secondary N) is 1. The highest BCUT2D eigenvalue weighted by Crippen LogP contribution is 2.28. The Morgan fingerprint density at radius 2 is 2.23 bits per heavy atom. The molecule has 0 bridgehead atoms. The van der Waals surface area contributed by atoms with Crippen molar-refractivity contribution in [3.8, 4) is 0 Å². The number of amides is 1. The molecule has 0 aromatic carbocycles. The summed E-state index contributed by atoms with van der Waals surface area (Å²) in [7, 11) is 0. The summed E-state index contributed by atoms with van der Waals surface area (Å²) in [4.78, 5) is 10.5. The summed E-state index contributed by atoms with van der Waals surface area (Å²) in [5, 5.41) is 10.6. The van der Waals surface area contributed by atoms with Crippen molar-refractivity contribution < 1.29 is 27.7 Å². The fraction of sp³-hybridized carbons (Fsp3) is 0.200. The van der Waals surface area contributed by atoms with E-state index in [0.29, 0.717) is 6.07 Å². The molecule has 1 aromatic heterocycles. The molecule has 0 saturated heterocycles. The lowest BCUT2D eigenvalue weighted by molar-refractivity contribution is -0.142. The van der Waals surface area contributed by atoms with Crippen LogP contribution >= 0.6 is 0 Å². The summed E-state index contributed by atoms with van der Waals surface area (Å²) in [6.45, 7) is 0. The molecule has 1 amide bonds. The van der Waals surface area contributed by atoms with Gasteiger partial charge in [0.05, 0.1) is 0 Å². The minimum atomic E-state index is -4.67. The first-order valence-electron chi connectivity index (χ1n) is 2.93. The van der Waals surface area contributed by atoms with Gasteiger partial charge in [-0.3, -0.25) is 10.0 Å². The van der Waals surface area contributed by atoms with Crippen molar-refractivity contribution in [1.82, 2.24) is 10.6 Å². The van der Waals surface area contributed by atoms with Crippen molar-refractivity contribution >= 4 is 5.91 Å². The molecule has 0 spiro atoms. The zero-order valence-electron chi connectivity index (χ0n) is 5.92. The molecule has 0 aliphatic heterocycles. The molecule has 0 fully saturated rings. The van der Waals surface area contributed by atoms with E-state index < -0.39 is 23.5 Å². The van der Waals surface area contributed by atoms with Gasteiger partial charge in [0.25, 0.3) is 0 Å². The molecule has 0 unspecified atom stereocenters. The van der Waals surface area contributed by atoms with Gasteiger partial charge >= 0.3 is 12.1 Å². The number of halogens is 3. The third kappa shape index (κ3) is 1.96. The maximum absolute atomic E-state index is 11.9. The SMILES string of the molecule is O=C(NO)c1cc(C(F)(F)F)no1. The van der Waals surface area contributed by atoms with Crippen LogP contribution < -0.4 is 5.48 Å². The molecule has 72 valence electrons. The van der Waals surface area contributed by atoms with Crippen molar-refractivity contribution in [2.45, 2.75) is 6.18 Å². The number of hydrogen-bond acceptors (Lipinski definition) is 4. The lowest BCUT2D eigenvalue weighted by atomic mass is 10.3. The summed E-state index contributed by atoms with van der Waals surface area (Å²) in [5.74, 6) is -1.90. The van der Waals surface area contributed by atoms with E-state index in [1.165, 1.54) is 0 Å². The zero-order chi connectivity index (χ0) is 10.1. The third-order valence-corrected chi connectivity index (χ3v) is 1.13. The van der Waals surface area contributed by atoms with Crippen LogP contribution in [0.25, 0.3) is 0 Å². The van der Waals surface area contributed by atoms with Crippen LogP contribution in [0.15, 0.2) is 10.6 Å². The second kappa shape index (κ2) is 3.05. The number of carbonyl (C=O) groups is 1. The van der Waals surface area contributed by atoms with Crippen LogP contribution in [0.5, 0.6) is 0 Å². The van der Waals surface area contributed by atoms with Gasteiger partial charge in [0, 0.05) is 6.07 Å². The number of nitrogens with zero attached hydrogens (tertiary/aromatic N) is 1. The van der Waals surface area contributed by atoms with Crippen LogP contribution in [-0.4, -0.2) is 16.3 Å². The lowest BCUT2D eigenvalue weighted by Gasteiger charge is -1.97. The van der Waals surface area contributed by atoms with Crippen LogP contribution in [0.4, 0.5) is 13.2 Å². The van der Waals surface area contributed by atoms with Gasteiger partial charge in [-0.25, -0.2) is 5.48 Å². The van der Waals surface area contributed by atoms with Crippen molar-refractivity contribution in [2.75, 3.05) is 0 Å². The van der Waals surface area contributed by atoms with Gasteiger partial charge in [-0.05, 0) is 0 Å². The van der Waals surface area contributed by atoms with Crippen molar-refractivity contribution in [3.05, 3.63) is 17.5 Å². The van der Waals surface area contributed by atoms with Crippen LogP contribution in [0.1, 0.15) is 16.2 Å². The highest BCUT2D eigenvalue weighted by Gasteiger charge is 2.35. The number of alkyl halides is 3. The molecular weight excluding hydrogens is 193 g/mol. The average molecular weight is 196 g/mol. The van der Waals surface area contributed by atoms with E-state index >= 15 is 0 Å². The number of hydrogen-bond donors (Lipinski definition) is 2. The Morgan fingerprint density at radius 1 is 1.62 bits per heavy atom. The van der Waals surface area contributed by atoms with E-state index in [-0.39, 0.29) is 0 Å². The Labute approximate surface area is 69.1 Å². The molecule has 1 heterocycles. The first kappa shape index (κ1) is 9.52. The molecule has 0 aliphatic carbocycles. The average Bonchev–Trinajstić information content (AvgIpc) is 2.50. The Kier molecular flexibility index (Phi) is 2.24. The van der Waals surface area contributed by atoms with E-state index in [2.05, 4.69) is 9.68 Å². The number of aromatic nitrogens is 1. The standard InChI is InChI=1S/C5H3F3N2O3/c6-5(7,8)3-1-2(13-10-3)4(11)9-12/h1,12H,(H,9,11). The van der Waals surface area contributed by atoms with Gasteiger partial charge in [0.15, 0.2) is 5.69 Å². The summed E-state index contributed by atoms with van der Waals surface area (Å²) in [6.07, 6.45) is -4.67. The molecule has 0 atom stereocenters. The molecule has 0 saturated carbocycles. The number of carbonyl (C=O) groups excluding carboxylic acids is 1. The predicted octanol–water partition coefficient (Wildman–Crippen LogP) is 0.812. The Hall–Kier alpha value is -1.57. The van der Waals surface area contributed by atoms with Crippen LogP contribution in [0, 0.1) is 0 Å². The minimum absolute atomic E-state index is 0.381. The Balaban J connectivity index is 2.93. The van der Waals surface area contributed by atoms with Gasteiger partial charge in [-0.1, -0.05) is 5.16 Å². The maximum atomic E-state index is 11.9. The first-order valence-corrected chi connectivity index (χ1v) is 2.93. The quantitative estimate of drug-likeness (QED) is 0.514. The van der Waals surface area contributed by atoms with Gasteiger partial charge in [0.2, 0.25) is 5.76 Å². The van der Waals surface area contributed by atoms with Crippen LogP contribution in [0.3, 0.4) is 0 Å². The first-order chi connectivity index (χ1) is 5.95. The maximum Gasteiger partial charge on any atom is 0.436 e. The fourth-order valence-corrected chi connectivity index (χ4v) is 0.571. The van der Waals surface area contributed by atoms with Gasteiger partial charge in [0.1, 0.15) is 0 Å². The molecule has 8 heteroatoms. The van der Waals surface area contributed by atoms with E-state index in [4.69, 9.17) is 5.21 Å². The number of rotatable bonds is 1. The monoisotopic (exact) mass is 196 g/mol. The summed E-state index contributed by atoms with van der Waals surface area (Å²) < 4.78 is 39.6. The molecule has 13 heavy (non-hydrogen) atoms. The topological polar surface area (TPSA) is 75.4 Å². The van der Waals surface area contributed by atoms with Crippen molar-refractivity contribution in [1.29, 1.82) is 0 Å². The van der Waals surface area contributed by atoms with Gasteiger partial charge in [-0.15, -0.1) is 0 Å². The molecule has 0 aliphatic rings. The van der Waals surface area contributed by atoms with Crippen LogP contribution in [0.2, 0.25) is 0 Å². The predicted molar refractivity (Wildman–Crippen MR) is 30.8 cm³/mol. The van der Waals surface area contributed by atoms with E-state index in [1.54, 1.807) is 0 Å². The molecule has 1 aromatic rings. The minimum Gasteiger partial charge on any atom is -0.350 e. The van der Waals surface area contributed by atoms with E-state index in [1.807, 2.05) is 0 Å². The molecular formula is C5H3F3N2O3. The Morgan fingerprint density at radius 3 is 2.62 bits per heavy atom. The lowest BCUT2D eigenvalue weighted by Crippen LogP contribution is -2.17. The van der Waals surface area contributed by atoms with Crippen LogP contribution in [-0.2, 0) is 6.18 Å². The fourth-order valence-electron chi connectivity index (χ4n) is 0.571. The highest BCUT2D eigenvalue weighted by atomic mass is 19.4. The van der Waals surface area contributed by atoms with E-state index in [9.17, 15) is 18.0 Å². The van der Waals surface area contributed by atoms with Gasteiger partial charge in [-0.2, -0.15) is 13.2 Å². The normalized spacial score (nSPS) is 11.4. The number of hydroxylamine groups is 1. The second-order valence-corrected chi connectivity index (χ2v) is 2.02. The smallest absolute Gasteiger partial charge is 0.350 e. The molecule has 2 N–H and O–H groups in total. The van der Waals surface area contributed by atoms with Crippen molar-refractivity contribution in [2.24, 2.45) is 0 Å².